The summed E-state index contributed by atoms with van der Waals surface area (Å²) in [6.07, 6.45) is 2.79. The van der Waals surface area contributed by atoms with E-state index in [0.717, 1.165) is 24.1 Å². The van der Waals surface area contributed by atoms with Crippen molar-refractivity contribution in [1.29, 1.82) is 0 Å². The van der Waals surface area contributed by atoms with Crippen molar-refractivity contribution in [3.8, 4) is 0 Å². The minimum absolute atomic E-state index is 0.101. The molecule has 0 unspecified atom stereocenters. The van der Waals surface area contributed by atoms with Gasteiger partial charge in [-0.25, -0.2) is 8.42 Å². The third-order valence-corrected chi connectivity index (χ3v) is 6.79. The van der Waals surface area contributed by atoms with Gasteiger partial charge in [-0.05, 0) is 37.9 Å². The number of sulfonamides is 1. The van der Waals surface area contributed by atoms with Gasteiger partial charge in [-0.3, -0.25) is 4.79 Å². The van der Waals surface area contributed by atoms with E-state index in [1.165, 1.54) is 15.6 Å². The highest BCUT2D eigenvalue weighted by molar-refractivity contribution is 7.91. The van der Waals surface area contributed by atoms with Crippen LogP contribution in [0.3, 0.4) is 0 Å². The SMILES string of the molecule is NCCCNC(=O)Cc1ccc(S(=O)(=O)N2CCCC2)s1. The molecule has 6 nitrogen and oxygen atoms in total. The second-order valence-corrected chi connectivity index (χ2v) is 8.33. The molecule has 0 atom stereocenters. The molecule has 118 valence electrons. The normalized spacial score (nSPS) is 16.2. The summed E-state index contributed by atoms with van der Waals surface area (Å²) in [5.41, 5.74) is 5.36. The Bertz CT molecular complexity index is 577. The first-order valence-electron chi connectivity index (χ1n) is 7.09. The van der Waals surface area contributed by atoms with Gasteiger partial charge in [-0.2, -0.15) is 4.31 Å². The number of hydrogen-bond acceptors (Lipinski definition) is 5. The van der Waals surface area contributed by atoms with Gasteiger partial charge in [0.05, 0.1) is 6.42 Å². The summed E-state index contributed by atoms with van der Waals surface area (Å²) in [6.45, 7) is 2.28. The maximum atomic E-state index is 12.4. The highest BCUT2D eigenvalue weighted by Crippen LogP contribution is 2.27. The summed E-state index contributed by atoms with van der Waals surface area (Å²) >= 11 is 1.18. The molecular weight excluding hydrogens is 310 g/mol. The van der Waals surface area contributed by atoms with Gasteiger partial charge in [0.1, 0.15) is 4.21 Å². The van der Waals surface area contributed by atoms with E-state index < -0.39 is 10.0 Å². The van der Waals surface area contributed by atoms with Crippen LogP contribution in [0.2, 0.25) is 0 Å². The van der Waals surface area contributed by atoms with Crippen LogP contribution in [0.1, 0.15) is 24.1 Å². The van der Waals surface area contributed by atoms with Crippen LogP contribution in [0.5, 0.6) is 0 Å². The molecule has 1 aromatic heterocycles. The third-order valence-electron chi connectivity index (χ3n) is 3.33. The zero-order chi connectivity index (χ0) is 15.3. The van der Waals surface area contributed by atoms with Gasteiger partial charge in [0.25, 0.3) is 10.0 Å². The Morgan fingerprint density at radius 2 is 2.05 bits per heavy atom. The molecule has 1 aliphatic rings. The van der Waals surface area contributed by atoms with E-state index in [2.05, 4.69) is 5.32 Å². The van der Waals surface area contributed by atoms with E-state index in [-0.39, 0.29) is 12.3 Å². The van der Waals surface area contributed by atoms with Gasteiger partial charge in [0.2, 0.25) is 5.91 Å². The highest BCUT2D eigenvalue weighted by Gasteiger charge is 2.28. The summed E-state index contributed by atoms with van der Waals surface area (Å²) in [4.78, 5) is 12.5. The van der Waals surface area contributed by atoms with E-state index in [0.29, 0.717) is 30.4 Å². The van der Waals surface area contributed by atoms with Crippen LogP contribution in [-0.4, -0.2) is 44.8 Å². The summed E-state index contributed by atoms with van der Waals surface area (Å²) in [5.74, 6) is -0.101. The molecule has 0 aliphatic carbocycles. The number of carbonyl (C=O) groups is 1. The van der Waals surface area contributed by atoms with Crippen molar-refractivity contribution in [2.75, 3.05) is 26.2 Å². The van der Waals surface area contributed by atoms with Crippen molar-refractivity contribution < 1.29 is 13.2 Å². The van der Waals surface area contributed by atoms with E-state index in [9.17, 15) is 13.2 Å². The summed E-state index contributed by atoms with van der Waals surface area (Å²) in [5, 5.41) is 2.76. The number of amides is 1. The van der Waals surface area contributed by atoms with Gasteiger partial charge in [-0.15, -0.1) is 11.3 Å². The lowest BCUT2D eigenvalue weighted by atomic mass is 10.3. The molecule has 0 aromatic carbocycles. The second-order valence-electron chi connectivity index (χ2n) is 5.00. The second kappa shape index (κ2) is 7.35. The Kier molecular flexibility index (Phi) is 5.74. The van der Waals surface area contributed by atoms with Gasteiger partial charge < -0.3 is 11.1 Å². The quantitative estimate of drug-likeness (QED) is 0.713. The summed E-state index contributed by atoms with van der Waals surface area (Å²) < 4.78 is 26.6. The number of rotatable bonds is 7. The number of nitrogens with one attached hydrogen (secondary N) is 1. The molecule has 3 N–H and O–H groups in total. The van der Waals surface area contributed by atoms with E-state index in [1.54, 1.807) is 12.1 Å². The molecule has 0 saturated carbocycles. The predicted molar refractivity (Wildman–Crippen MR) is 82.7 cm³/mol. The molecule has 1 fully saturated rings. The Balaban J connectivity index is 1.96. The number of carbonyl (C=O) groups excluding carboxylic acids is 1. The van der Waals surface area contributed by atoms with Crippen LogP contribution in [0, 0.1) is 0 Å². The third kappa shape index (κ3) is 4.26. The Labute approximate surface area is 129 Å². The average molecular weight is 331 g/mol. The Morgan fingerprint density at radius 3 is 2.71 bits per heavy atom. The maximum absolute atomic E-state index is 12.4. The van der Waals surface area contributed by atoms with Crippen LogP contribution < -0.4 is 11.1 Å². The van der Waals surface area contributed by atoms with Crippen LogP contribution in [0.4, 0.5) is 0 Å². The predicted octanol–water partition coefficient (Wildman–Crippen LogP) is 0.540. The first kappa shape index (κ1) is 16.4. The number of nitrogens with zero attached hydrogens (tertiary/aromatic N) is 1. The molecule has 0 radical (unpaired) electrons. The zero-order valence-corrected chi connectivity index (χ0v) is 13.5. The van der Waals surface area contributed by atoms with Gasteiger partial charge in [-0.1, -0.05) is 0 Å². The minimum Gasteiger partial charge on any atom is -0.356 e. The van der Waals surface area contributed by atoms with Crippen LogP contribution in [0.15, 0.2) is 16.3 Å². The highest BCUT2D eigenvalue weighted by atomic mass is 32.2. The molecule has 1 aliphatic heterocycles. The average Bonchev–Trinajstić information content (AvgIpc) is 3.10. The molecule has 2 heterocycles. The summed E-state index contributed by atoms with van der Waals surface area (Å²) in [7, 11) is -3.37. The zero-order valence-electron chi connectivity index (χ0n) is 11.9. The lowest BCUT2D eigenvalue weighted by Crippen LogP contribution is -2.27. The Hall–Kier alpha value is -0.960. The fourth-order valence-electron chi connectivity index (χ4n) is 2.20. The van der Waals surface area contributed by atoms with Crippen molar-refractivity contribution in [2.45, 2.75) is 29.9 Å². The molecule has 8 heteroatoms. The number of thiophene rings is 1. The molecule has 21 heavy (non-hydrogen) atoms. The molecule has 1 aromatic rings. The van der Waals surface area contributed by atoms with E-state index in [4.69, 9.17) is 5.73 Å². The topological polar surface area (TPSA) is 92.5 Å². The summed E-state index contributed by atoms with van der Waals surface area (Å²) in [6, 6.07) is 3.32. The van der Waals surface area contributed by atoms with Crippen molar-refractivity contribution in [2.24, 2.45) is 5.73 Å². The molecule has 1 amide bonds. The van der Waals surface area contributed by atoms with Crippen molar-refractivity contribution in [1.82, 2.24) is 9.62 Å². The minimum atomic E-state index is -3.37. The van der Waals surface area contributed by atoms with Gasteiger partial charge in [0, 0.05) is 24.5 Å². The monoisotopic (exact) mass is 331 g/mol. The molecule has 0 spiro atoms. The van der Waals surface area contributed by atoms with Crippen LogP contribution in [-0.2, 0) is 21.2 Å². The lowest BCUT2D eigenvalue weighted by molar-refractivity contribution is -0.120. The van der Waals surface area contributed by atoms with Crippen LogP contribution in [0.25, 0.3) is 0 Å². The number of nitrogens with two attached hydrogens (primary N) is 1. The van der Waals surface area contributed by atoms with Crippen molar-refractivity contribution >= 4 is 27.3 Å². The molecule has 0 bridgehead atoms. The molecule has 1 saturated heterocycles. The van der Waals surface area contributed by atoms with Crippen LogP contribution >= 0.6 is 11.3 Å². The maximum Gasteiger partial charge on any atom is 0.252 e. The van der Waals surface area contributed by atoms with Gasteiger partial charge in [0.15, 0.2) is 0 Å². The van der Waals surface area contributed by atoms with E-state index in [1.807, 2.05) is 0 Å². The van der Waals surface area contributed by atoms with Crippen molar-refractivity contribution in [3.63, 3.8) is 0 Å². The first-order valence-corrected chi connectivity index (χ1v) is 9.35. The first-order chi connectivity index (χ1) is 10.0. The van der Waals surface area contributed by atoms with Crippen molar-refractivity contribution in [3.05, 3.63) is 17.0 Å². The fraction of sp³-hybridized carbons (Fsp3) is 0.615. The molecular formula is C13H21N3O3S2. The lowest BCUT2D eigenvalue weighted by Gasteiger charge is -2.13. The Morgan fingerprint density at radius 1 is 1.33 bits per heavy atom. The molecule has 2 rings (SSSR count). The van der Waals surface area contributed by atoms with Gasteiger partial charge >= 0.3 is 0 Å². The fourth-order valence-corrected chi connectivity index (χ4v) is 5.22. The smallest absolute Gasteiger partial charge is 0.252 e. The standard InChI is InChI=1S/C13H21N3O3S2/c14-6-3-7-15-12(17)10-11-4-5-13(20-11)21(18,19)16-8-1-2-9-16/h4-5H,1-3,6-10,14H2,(H,15,17). The largest absolute Gasteiger partial charge is 0.356 e. The number of hydrogen-bond donors (Lipinski definition) is 2. The van der Waals surface area contributed by atoms with E-state index >= 15 is 0 Å².